The molecular formula is C9H19N3O9S3. The molecule has 0 aliphatic rings. The fourth-order valence-corrected chi connectivity index (χ4v) is 3.51. The summed E-state index contributed by atoms with van der Waals surface area (Å²) in [7, 11) is -1.87. The number of carboxylic acids is 3. The van der Waals surface area contributed by atoms with E-state index in [0.717, 1.165) is 0 Å². The van der Waals surface area contributed by atoms with Crippen molar-refractivity contribution in [3.63, 3.8) is 0 Å². The van der Waals surface area contributed by atoms with Gasteiger partial charge in [0.05, 0.1) is 0 Å². The Balaban J connectivity index is 0. The third-order valence-electron chi connectivity index (χ3n) is 1.92. The summed E-state index contributed by atoms with van der Waals surface area (Å²) >= 11 is 0. The highest BCUT2D eigenvalue weighted by molar-refractivity contribution is 8.76. The van der Waals surface area contributed by atoms with Gasteiger partial charge in [-0.1, -0.05) is 21.6 Å². The Morgan fingerprint density at radius 2 is 1.08 bits per heavy atom. The Morgan fingerprint density at radius 3 is 1.25 bits per heavy atom. The van der Waals surface area contributed by atoms with Crippen LogP contribution >= 0.6 is 21.6 Å². The number of hydrogen-bond acceptors (Lipinski definition) is 10. The van der Waals surface area contributed by atoms with Crippen molar-refractivity contribution in [2.75, 3.05) is 17.3 Å². The minimum absolute atomic E-state index is 0.229. The Labute approximate surface area is 145 Å². The summed E-state index contributed by atoms with van der Waals surface area (Å²) < 4.78 is 28.0. The molecule has 142 valence electrons. The first-order valence-electron chi connectivity index (χ1n) is 5.92. The number of carboxylic acid groups (broad SMARTS) is 3. The fraction of sp³-hybridized carbons (Fsp3) is 0.667. The molecule has 12 nitrogen and oxygen atoms in total. The summed E-state index contributed by atoms with van der Waals surface area (Å²) in [5, 5.41) is 24.9. The molecule has 0 aromatic carbocycles. The van der Waals surface area contributed by atoms with Crippen LogP contribution in [0.3, 0.4) is 0 Å². The zero-order chi connectivity index (χ0) is 19.5. The predicted molar refractivity (Wildman–Crippen MR) is 88.2 cm³/mol. The molecule has 10 N–H and O–H groups in total. The van der Waals surface area contributed by atoms with Crippen molar-refractivity contribution >= 4 is 49.6 Å². The largest absolute Gasteiger partial charge is 0.480 e. The summed E-state index contributed by atoms with van der Waals surface area (Å²) in [6.07, 6.45) is 0. The van der Waals surface area contributed by atoms with Gasteiger partial charge in [-0.2, -0.15) is 8.42 Å². The van der Waals surface area contributed by atoms with Gasteiger partial charge in [-0.15, -0.1) is 0 Å². The van der Waals surface area contributed by atoms with Crippen molar-refractivity contribution in [1.29, 1.82) is 0 Å². The standard InChI is InChI=1S/C6H12N2O4S2.C3H7NO5S/c7-3(5(9)10)1-13-14-2-4(8)6(11)12;4-2(3(5)6)1-10(7,8)9/h3-4H,1-2,7-8H2,(H,9,10)(H,11,12);2H,1,4H2,(H,5,6)(H,7,8,9)/t3-,4?;2-/m00/s1. The molecule has 0 aromatic rings. The minimum atomic E-state index is -4.27. The lowest BCUT2D eigenvalue weighted by Gasteiger charge is -2.07. The van der Waals surface area contributed by atoms with Crippen LogP contribution in [0.5, 0.6) is 0 Å². The molecule has 0 aliphatic carbocycles. The van der Waals surface area contributed by atoms with Gasteiger partial charge in [0.1, 0.15) is 23.9 Å². The first-order valence-corrected chi connectivity index (χ1v) is 10.0. The van der Waals surface area contributed by atoms with Crippen LogP contribution in [0.25, 0.3) is 0 Å². The number of hydrogen-bond donors (Lipinski definition) is 7. The quantitative estimate of drug-likeness (QED) is 0.112. The number of aliphatic carboxylic acids is 3. The van der Waals surface area contributed by atoms with Crippen molar-refractivity contribution in [3.05, 3.63) is 0 Å². The molecule has 0 aromatic heterocycles. The zero-order valence-electron chi connectivity index (χ0n) is 12.1. The number of nitrogens with two attached hydrogens (primary N) is 3. The Hall–Kier alpha value is -1.10. The highest BCUT2D eigenvalue weighted by Gasteiger charge is 2.18. The summed E-state index contributed by atoms with van der Waals surface area (Å²) in [4.78, 5) is 30.4. The van der Waals surface area contributed by atoms with E-state index in [-0.39, 0.29) is 11.5 Å². The molecule has 0 saturated heterocycles. The van der Waals surface area contributed by atoms with Crippen molar-refractivity contribution in [3.8, 4) is 0 Å². The molecule has 24 heavy (non-hydrogen) atoms. The van der Waals surface area contributed by atoms with E-state index < -0.39 is 51.9 Å². The van der Waals surface area contributed by atoms with E-state index in [9.17, 15) is 22.8 Å². The molecule has 3 atom stereocenters. The van der Waals surface area contributed by atoms with E-state index in [2.05, 4.69) is 0 Å². The lowest BCUT2D eigenvalue weighted by molar-refractivity contribution is -0.138. The highest BCUT2D eigenvalue weighted by Crippen LogP contribution is 2.22. The lowest BCUT2D eigenvalue weighted by atomic mass is 10.4. The molecule has 0 saturated carbocycles. The van der Waals surface area contributed by atoms with Gasteiger partial charge in [0.15, 0.2) is 0 Å². The topological polar surface area (TPSA) is 244 Å². The van der Waals surface area contributed by atoms with Gasteiger partial charge < -0.3 is 32.5 Å². The van der Waals surface area contributed by atoms with E-state index in [1.54, 1.807) is 0 Å². The van der Waals surface area contributed by atoms with Gasteiger partial charge in [0.25, 0.3) is 10.1 Å². The van der Waals surface area contributed by atoms with Crippen LogP contribution in [0.4, 0.5) is 0 Å². The Kier molecular flexibility index (Phi) is 12.9. The average molecular weight is 409 g/mol. The first-order chi connectivity index (χ1) is 10.8. The smallest absolute Gasteiger partial charge is 0.321 e. The SMILES string of the molecule is NC(CSSC[C@H](N)C(=O)O)C(=O)O.N[C@@H](CS(=O)(=O)O)C(=O)O. The molecule has 0 bridgehead atoms. The summed E-state index contributed by atoms with van der Waals surface area (Å²) in [6.45, 7) is 0. The average Bonchev–Trinajstić information content (AvgIpc) is 2.41. The van der Waals surface area contributed by atoms with Gasteiger partial charge in [-0.3, -0.25) is 18.9 Å². The molecule has 0 aliphatic heterocycles. The molecule has 0 amide bonds. The minimum Gasteiger partial charge on any atom is -0.480 e. The molecule has 0 heterocycles. The summed E-state index contributed by atoms with van der Waals surface area (Å²) in [5.74, 6) is -4.10. The van der Waals surface area contributed by atoms with Crippen LogP contribution in [0.2, 0.25) is 0 Å². The van der Waals surface area contributed by atoms with Crippen LogP contribution in [-0.4, -0.2) is 81.6 Å². The van der Waals surface area contributed by atoms with Crippen molar-refractivity contribution in [2.24, 2.45) is 17.2 Å². The maximum Gasteiger partial charge on any atom is 0.321 e. The summed E-state index contributed by atoms with van der Waals surface area (Å²) in [5.41, 5.74) is 15.2. The molecular weight excluding hydrogens is 390 g/mol. The van der Waals surface area contributed by atoms with Gasteiger partial charge in [0.2, 0.25) is 0 Å². The zero-order valence-corrected chi connectivity index (χ0v) is 14.6. The molecule has 1 unspecified atom stereocenters. The second kappa shape index (κ2) is 12.3. The van der Waals surface area contributed by atoms with E-state index in [0.29, 0.717) is 0 Å². The van der Waals surface area contributed by atoms with Gasteiger partial charge in [-0.25, -0.2) is 0 Å². The van der Waals surface area contributed by atoms with E-state index in [1.165, 1.54) is 21.6 Å². The maximum atomic E-state index is 10.3. The van der Waals surface area contributed by atoms with Crippen LogP contribution < -0.4 is 17.2 Å². The molecule has 0 radical (unpaired) electrons. The van der Waals surface area contributed by atoms with Crippen LogP contribution in [-0.2, 0) is 24.5 Å². The number of carbonyl (C=O) groups is 3. The predicted octanol–water partition coefficient (Wildman–Crippen LogP) is -2.52. The molecule has 0 rings (SSSR count). The highest BCUT2D eigenvalue weighted by atomic mass is 33.1. The van der Waals surface area contributed by atoms with Crippen molar-refractivity contribution in [1.82, 2.24) is 0 Å². The van der Waals surface area contributed by atoms with Crippen LogP contribution in [0.15, 0.2) is 0 Å². The van der Waals surface area contributed by atoms with Gasteiger partial charge in [0, 0.05) is 11.5 Å². The number of rotatable bonds is 10. The van der Waals surface area contributed by atoms with E-state index in [1.807, 2.05) is 0 Å². The molecule has 15 heteroatoms. The van der Waals surface area contributed by atoms with E-state index in [4.69, 9.17) is 37.1 Å². The lowest BCUT2D eigenvalue weighted by Crippen LogP contribution is -2.36. The third-order valence-corrected chi connectivity index (χ3v) is 5.17. The van der Waals surface area contributed by atoms with Crippen molar-refractivity contribution in [2.45, 2.75) is 18.1 Å². The first kappa shape index (κ1) is 25.1. The monoisotopic (exact) mass is 409 g/mol. The molecule has 0 fully saturated rings. The van der Waals surface area contributed by atoms with Gasteiger partial charge >= 0.3 is 17.9 Å². The van der Waals surface area contributed by atoms with Crippen molar-refractivity contribution < 1.29 is 42.7 Å². The fourth-order valence-electron chi connectivity index (χ4n) is 0.684. The van der Waals surface area contributed by atoms with Crippen LogP contribution in [0, 0.1) is 0 Å². The second-order valence-electron chi connectivity index (χ2n) is 4.15. The molecule has 0 spiro atoms. The normalized spacial score (nSPS) is 14.7. The second-order valence-corrected chi connectivity index (χ2v) is 8.20. The van der Waals surface area contributed by atoms with Gasteiger partial charge in [-0.05, 0) is 0 Å². The van der Waals surface area contributed by atoms with E-state index >= 15 is 0 Å². The summed E-state index contributed by atoms with van der Waals surface area (Å²) in [6, 6.07) is -3.41. The third kappa shape index (κ3) is 15.8. The maximum absolute atomic E-state index is 10.3. The van der Waals surface area contributed by atoms with Crippen LogP contribution in [0.1, 0.15) is 0 Å². The Bertz CT molecular complexity index is 506. The Morgan fingerprint density at radius 1 is 0.792 bits per heavy atom.